The average molecular weight is 441 g/mol. The van der Waals surface area contributed by atoms with Crippen molar-refractivity contribution in [3.8, 4) is 0 Å². The summed E-state index contributed by atoms with van der Waals surface area (Å²) in [6.07, 6.45) is 3.99. The summed E-state index contributed by atoms with van der Waals surface area (Å²) in [5, 5.41) is 4.94. The zero-order chi connectivity index (χ0) is 21.8. The SMILES string of the molecule is Cc1ccc(C(C(=O)NC2CCCC2)N(C(=O)Cc2cccs2)c2ccccc2F)o1. The Hall–Kier alpha value is -2.93. The number of thiophene rings is 1. The summed E-state index contributed by atoms with van der Waals surface area (Å²) >= 11 is 1.45. The van der Waals surface area contributed by atoms with Gasteiger partial charge in [0.05, 0.1) is 12.1 Å². The minimum Gasteiger partial charge on any atom is -0.464 e. The van der Waals surface area contributed by atoms with E-state index >= 15 is 0 Å². The second-order valence-corrected chi connectivity index (χ2v) is 8.84. The van der Waals surface area contributed by atoms with E-state index in [2.05, 4.69) is 5.32 Å². The second kappa shape index (κ2) is 9.47. The highest BCUT2D eigenvalue weighted by molar-refractivity contribution is 7.10. The Morgan fingerprint density at radius 2 is 1.94 bits per heavy atom. The van der Waals surface area contributed by atoms with Crippen LogP contribution in [0.1, 0.15) is 48.1 Å². The molecule has 0 bridgehead atoms. The van der Waals surface area contributed by atoms with Crippen LogP contribution < -0.4 is 10.2 Å². The van der Waals surface area contributed by atoms with E-state index in [9.17, 15) is 14.0 Å². The van der Waals surface area contributed by atoms with Crippen LogP contribution >= 0.6 is 11.3 Å². The Labute approximate surface area is 184 Å². The van der Waals surface area contributed by atoms with Crippen molar-refractivity contribution in [3.63, 3.8) is 0 Å². The van der Waals surface area contributed by atoms with Crippen LogP contribution in [0.5, 0.6) is 0 Å². The fourth-order valence-electron chi connectivity index (χ4n) is 4.04. The third-order valence-corrected chi connectivity index (χ3v) is 6.40. The van der Waals surface area contributed by atoms with Gasteiger partial charge in [-0.2, -0.15) is 0 Å². The minimum absolute atomic E-state index is 0.0564. The maximum absolute atomic E-state index is 14.9. The van der Waals surface area contributed by atoms with E-state index in [-0.39, 0.29) is 30.0 Å². The van der Waals surface area contributed by atoms with Crippen LogP contribution in [-0.2, 0) is 16.0 Å². The van der Waals surface area contributed by atoms with Crippen LogP contribution in [0.25, 0.3) is 0 Å². The first kappa shape index (κ1) is 21.3. The fraction of sp³-hybridized carbons (Fsp3) is 0.333. The predicted molar refractivity (Wildman–Crippen MR) is 118 cm³/mol. The maximum Gasteiger partial charge on any atom is 0.251 e. The smallest absolute Gasteiger partial charge is 0.251 e. The van der Waals surface area contributed by atoms with Gasteiger partial charge >= 0.3 is 0 Å². The van der Waals surface area contributed by atoms with Crippen LogP contribution in [0, 0.1) is 12.7 Å². The van der Waals surface area contributed by atoms with Crippen molar-refractivity contribution in [2.45, 2.75) is 51.1 Å². The van der Waals surface area contributed by atoms with Crippen molar-refractivity contribution in [1.29, 1.82) is 0 Å². The summed E-state index contributed by atoms with van der Waals surface area (Å²) in [6, 6.07) is 12.1. The first-order chi connectivity index (χ1) is 15.0. The number of nitrogens with zero attached hydrogens (tertiary/aromatic N) is 1. The molecule has 0 saturated heterocycles. The van der Waals surface area contributed by atoms with E-state index in [4.69, 9.17) is 4.42 Å². The zero-order valence-corrected chi connectivity index (χ0v) is 18.2. The Kier molecular flexibility index (Phi) is 6.51. The topological polar surface area (TPSA) is 62.6 Å². The molecule has 1 aromatic carbocycles. The van der Waals surface area contributed by atoms with Gasteiger partial charge in [0.25, 0.3) is 5.91 Å². The molecule has 31 heavy (non-hydrogen) atoms. The lowest BCUT2D eigenvalue weighted by Gasteiger charge is -2.31. The van der Waals surface area contributed by atoms with Crippen molar-refractivity contribution < 1.29 is 18.4 Å². The lowest BCUT2D eigenvalue weighted by Crippen LogP contribution is -2.47. The standard InChI is InChI=1S/C24H25FN2O3S/c1-16-12-13-21(30-16)23(24(29)26-17-7-2-3-8-17)27(20-11-5-4-10-19(20)25)22(28)15-18-9-6-14-31-18/h4-6,9-14,17,23H,2-3,7-8,15H2,1H3,(H,26,29). The number of carbonyl (C=O) groups is 2. The number of carbonyl (C=O) groups excluding carboxylic acids is 2. The quantitative estimate of drug-likeness (QED) is 0.552. The third kappa shape index (κ3) is 4.88. The predicted octanol–water partition coefficient (Wildman–Crippen LogP) is 5.16. The number of halogens is 1. The number of hydrogen-bond acceptors (Lipinski definition) is 4. The summed E-state index contributed by atoms with van der Waals surface area (Å²) in [4.78, 5) is 29.0. The highest BCUT2D eigenvalue weighted by Gasteiger charge is 2.37. The number of rotatable bonds is 7. The van der Waals surface area contributed by atoms with Gasteiger partial charge in [-0.05, 0) is 55.5 Å². The lowest BCUT2D eigenvalue weighted by atomic mass is 10.1. The second-order valence-electron chi connectivity index (χ2n) is 7.81. The molecule has 0 spiro atoms. The number of nitrogens with one attached hydrogen (secondary N) is 1. The molecular weight excluding hydrogens is 415 g/mol. The largest absolute Gasteiger partial charge is 0.464 e. The zero-order valence-electron chi connectivity index (χ0n) is 17.3. The molecule has 5 nitrogen and oxygen atoms in total. The van der Waals surface area contributed by atoms with Crippen molar-refractivity contribution in [2.24, 2.45) is 0 Å². The fourth-order valence-corrected chi connectivity index (χ4v) is 4.73. The van der Waals surface area contributed by atoms with Gasteiger partial charge in [-0.3, -0.25) is 14.5 Å². The van der Waals surface area contributed by atoms with Gasteiger partial charge in [0.2, 0.25) is 5.91 Å². The Morgan fingerprint density at radius 3 is 2.58 bits per heavy atom. The molecule has 2 aromatic heterocycles. The Bertz CT molecular complexity index is 1040. The van der Waals surface area contributed by atoms with E-state index in [0.29, 0.717) is 11.5 Å². The van der Waals surface area contributed by atoms with Gasteiger partial charge in [0, 0.05) is 10.9 Å². The van der Waals surface area contributed by atoms with E-state index in [0.717, 1.165) is 30.6 Å². The number of benzene rings is 1. The summed E-state index contributed by atoms with van der Waals surface area (Å²) in [7, 11) is 0. The number of para-hydroxylation sites is 1. The molecule has 1 atom stereocenters. The van der Waals surface area contributed by atoms with Crippen molar-refractivity contribution >= 4 is 28.8 Å². The van der Waals surface area contributed by atoms with E-state index in [1.807, 2.05) is 17.5 Å². The van der Waals surface area contributed by atoms with Crippen molar-refractivity contribution in [2.75, 3.05) is 4.90 Å². The van der Waals surface area contributed by atoms with Crippen molar-refractivity contribution in [1.82, 2.24) is 5.32 Å². The van der Waals surface area contributed by atoms with Crippen LogP contribution in [0.4, 0.5) is 10.1 Å². The van der Waals surface area contributed by atoms with Crippen LogP contribution in [0.15, 0.2) is 58.3 Å². The van der Waals surface area contributed by atoms with Gasteiger partial charge in [-0.15, -0.1) is 11.3 Å². The Morgan fingerprint density at radius 1 is 1.16 bits per heavy atom. The van der Waals surface area contributed by atoms with Crippen molar-refractivity contribution in [3.05, 3.63) is 76.1 Å². The third-order valence-electron chi connectivity index (χ3n) is 5.52. The molecule has 7 heteroatoms. The molecule has 3 aromatic rings. The normalized spacial score (nSPS) is 15.0. The van der Waals surface area contributed by atoms with Gasteiger partial charge in [0.15, 0.2) is 6.04 Å². The molecule has 4 rings (SSSR count). The molecule has 2 heterocycles. The molecule has 2 amide bonds. The van der Waals surface area contributed by atoms with Crippen LogP contribution in [0.3, 0.4) is 0 Å². The van der Waals surface area contributed by atoms with E-state index in [1.54, 1.807) is 31.2 Å². The molecule has 1 aliphatic carbocycles. The first-order valence-electron chi connectivity index (χ1n) is 10.5. The number of furan rings is 1. The molecule has 0 radical (unpaired) electrons. The molecular formula is C24H25FN2O3S. The Balaban J connectivity index is 1.75. The van der Waals surface area contributed by atoms with Gasteiger partial charge in [-0.1, -0.05) is 31.0 Å². The summed E-state index contributed by atoms with van der Waals surface area (Å²) < 4.78 is 20.7. The molecule has 1 fully saturated rings. The number of amides is 2. The molecule has 1 saturated carbocycles. The highest BCUT2D eigenvalue weighted by Crippen LogP contribution is 2.32. The molecule has 1 aliphatic rings. The molecule has 0 aliphatic heterocycles. The minimum atomic E-state index is -1.10. The highest BCUT2D eigenvalue weighted by atomic mass is 32.1. The summed E-state index contributed by atoms with van der Waals surface area (Å²) in [6.45, 7) is 1.77. The summed E-state index contributed by atoms with van der Waals surface area (Å²) in [5.41, 5.74) is 0.0599. The number of aryl methyl sites for hydroxylation is 1. The van der Waals surface area contributed by atoms with Gasteiger partial charge < -0.3 is 9.73 Å². The lowest BCUT2D eigenvalue weighted by molar-refractivity contribution is -0.127. The van der Waals surface area contributed by atoms with E-state index < -0.39 is 11.9 Å². The molecule has 1 N–H and O–H groups in total. The van der Waals surface area contributed by atoms with Crippen LogP contribution in [-0.4, -0.2) is 17.9 Å². The maximum atomic E-state index is 14.9. The monoisotopic (exact) mass is 440 g/mol. The average Bonchev–Trinajstić information content (AvgIpc) is 3.51. The van der Waals surface area contributed by atoms with Crippen LogP contribution in [0.2, 0.25) is 0 Å². The van der Waals surface area contributed by atoms with E-state index in [1.165, 1.54) is 28.4 Å². The number of hydrogen-bond donors (Lipinski definition) is 1. The summed E-state index contributed by atoms with van der Waals surface area (Å²) in [5.74, 6) is -0.357. The van der Waals surface area contributed by atoms with Gasteiger partial charge in [0.1, 0.15) is 17.3 Å². The first-order valence-corrected chi connectivity index (χ1v) is 11.4. The molecule has 1 unspecified atom stereocenters. The molecule has 162 valence electrons. The van der Waals surface area contributed by atoms with Gasteiger partial charge in [-0.25, -0.2) is 4.39 Å². The number of anilines is 1.